The van der Waals surface area contributed by atoms with Crippen molar-refractivity contribution in [2.45, 2.75) is 39.7 Å². The molecule has 118 valence electrons. The second-order valence-electron chi connectivity index (χ2n) is 4.92. The van der Waals surface area contributed by atoms with Gasteiger partial charge in [-0.15, -0.1) is 5.10 Å². The van der Waals surface area contributed by atoms with Crippen LogP contribution in [0.25, 0.3) is 5.69 Å². The zero-order valence-electron chi connectivity index (χ0n) is 13.0. The predicted molar refractivity (Wildman–Crippen MR) is 81.9 cm³/mol. The van der Waals surface area contributed by atoms with Gasteiger partial charge in [-0.05, 0) is 44.0 Å². The standard InChI is InChI=1S/C16H21N3O3/c1-3-5-6-15-14(11-20)17-18-19(15)13-9-7-12(8-10-13)16(21)22-4-2/h7-10,20H,3-6,11H2,1-2H3. The number of benzene rings is 1. The number of aliphatic hydroxyl groups excluding tert-OH is 1. The van der Waals surface area contributed by atoms with Crippen molar-refractivity contribution in [3.05, 3.63) is 41.2 Å². The molecule has 0 fully saturated rings. The molecule has 2 rings (SSSR count). The molecule has 0 aliphatic heterocycles. The van der Waals surface area contributed by atoms with Gasteiger partial charge in [-0.1, -0.05) is 18.6 Å². The lowest BCUT2D eigenvalue weighted by Crippen LogP contribution is -2.07. The van der Waals surface area contributed by atoms with Crippen LogP contribution in [-0.2, 0) is 17.8 Å². The molecule has 6 nitrogen and oxygen atoms in total. The van der Waals surface area contributed by atoms with Gasteiger partial charge in [-0.3, -0.25) is 0 Å². The second kappa shape index (κ2) is 7.70. The summed E-state index contributed by atoms with van der Waals surface area (Å²) in [6.45, 7) is 4.11. The largest absolute Gasteiger partial charge is 0.462 e. The number of rotatable bonds is 7. The van der Waals surface area contributed by atoms with E-state index >= 15 is 0 Å². The van der Waals surface area contributed by atoms with E-state index in [0.717, 1.165) is 30.6 Å². The van der Waals surface area contributed by atoms with Crippen molar-refractivity contribution in [2.24, 2.45) is 0 Å². The van der Waals surface area contributed by atoms with Crippen LogP contribution in [0, 0.1) is 0 Å². The molecule has 0 saturated carbocycles. The molecular formula is C16H21N3O3. The first-order valence-electron chi connectivity index (χ1n) is 7.53. The maximum absolute atomic E-state index is 11.7. The van der Waals surface area contributed by atoms with E-state index in [1.54, 1.807) is 35.9 Å². The van der Waals surface area contributed by atoms with Crippen LogP contribution in [0.5, 0.6) is 0 Å². The van der Waals surface area contributed by atoms with Gasteiger partial charge < -0.3 is 9.84 Å². The Kier molecular flexibility index (Phi) is 5.66. The number of hydrogen-bond acceptors (Lipinski definition) is 5. The van der Waals surface area contributed by atoms with E-state index in [0.29, 0.717) is 17.9 Å². The molecule has 0 radical (unpaired) electrons. The van der Waals surface area contributed by atoms with Gasteiger partial charge in [-0.25, -0.2) is 9.48 Å². The highest BCUT2D eigenvalue weighted by Gasteiger charge is 2.14. The van der Waals surface area contributed by atoms with Crippen molar-refractivity contribution in [1.29, 1.82) is 0 Å². The van der Waals surface area contributed by atoms with E-state index in [2.05, 4.69) is 17.2 Å². The maximum atomic E-state index is 11.7. The fourth-order valence-electron chi connectivity index (χ4n) is 2.21. The van der Waals surface area contributed by atoms with Crippen LogP contribution in [-0.4, -0.2) is 32.7 Å². The molecule has 0 bridgehead atoms. The Morgan fingerprint density at radius 1 is 1.27 bits per heavy atom. The van der Waals surface area contributed by atoms with Crippen LogP contribution in [0.15, 0.2) is 24.3 Å². The van der Waals surface area contributed by atoms with E-state index in [1.165, 1.54) is 0 Å². The summed E-state index contributed by atoms with van der Waals surface area (Å²) >= 11 is 0. The van der Waals surface area contributed by atoms with Gasteiger partial charge in [0.1, 0.15) is 5.69 Å². The predicted octanol–water partition coefficient (Wildman–Crippen LogP) is 2.28. The highest BCUT2D eigenvalue weighted by molar-refractivity contribution is 5.89. The lowest BCUT2D eigenvalue weighted by Gasteiger charge is -2.08. The smallest absolute Gasteiger partial charge is 0.338 e. The lowest BCUT2D eigenvalue weighted by atomic mass is 10.1. The number of carbonyl (C=O) groups excluding carboxylic acids is 1. The van der Waals surface area contributed by atoms with Crippen LogP contribution in [0.1, 0.15) is 48.4 Å². The van der Waals surface area contributed by atoms with Crippen LogP contribution in [0.3, 0.4) is 0 Å². The SMILES string of the molecule is CCCCc1c(CO)nnn1-c1ccc(C(=O)OCC)cc1. The first-order valence-corrected chi connectivity index (χ1v) is 7.53. The summed E-state index contributed by atoms with van der Waals surface area (Å²) in [7, 11) is 0. The molecule has 1 aromatic carbocycles. The van der Waals surface area contributed by atoms with E-state index < -0.39 is 0 Å². The topological polar surface area (TPSA) is 77.2 Å². The molecule has 1 aromatic heterocycles. The van der Waals surface area contributed by atoms with Crippen LogP contribution >= 0.6 is 0 Å². The quantitative estimate of drug-likeness (QED) is 0.794. The summed E-state index contributed by atoms with van der Waals surface area (Å²) in [6, 6.07) is 7.02. The summed E-state index contributed by atoms with van der Waals surface area (Å²) in [5, 5.41) is 17.5. The Hall–Kier alpha value is -2.21. The zero-order chi connectivity index (χ0) is 15.9. The van der Waals surface area contributed by atoms with Crippen LogP contribution in [0.2, 0.25) is 0 Å². The molecule has 6 heteroatoms. The van der Waals surface area contributed by atoms with Crippen LogP contribution < -0.4 is 0 Å². The summed E-state index contributed by atoms with van der Waals surface area (Å²) in [6.07, 6.45) is 2.86. The number of unbranched alkanes of at least 4 members (excludes halogenated alkanes) is 1. The molecule has 1 N–H and O–H groups in total. The van der Waals surface area contributed by atoms with Gasteiger partial charge in [0.05, 0.1) is 30.2 Å². The summed E-state index contributed by atoms with van der Waals surface area (Å²) in [5.74, 6) is -0.338. The fraction of sp³-hybridized carbons (Fsp3) is 0.438. The van der Waals surface area contributed by atoms with Crippen LogP contribution in [0.4, 0.5) is 0 Å². The third-order valence-electron chi connectivity index (χ3n) is 3.38. The number of carbonyl (C=O) groups is 1. The van der Waals surface area contributed by atoms with Crippen molar-refractivity contribution in [3.63, 3.8) is 0 Å². The molecule has 1 heterocycles. The lowest BCUT2D eigenvalue weighted by molar-refractivity contribution is 0.0526. The van der Waals surface area contributed by atoms with E-state index in [9.17, 15) is 9.90 Å². The Morgan fingerprint density at radius 2 is 2.00 bits per heavy atom. The molecular weight excluding hydrogens is 282 g/mol. The number of aliphatic hydroxyl groups is 1. The van der Waals surface area contributed by atoms with E-state index in [-0.39, 0.29) is 12.6 Å². The third kappa shape index (κ3) is 3.51. The van der Waals surface area contributed by atoms with E-state index in [4.69, 9.17) is 4.74 Å². The van der Waals surface area contributed by atoms with Crippen molar-refractivity contribution in [3.8, 4) is 5.69 Å². The summed E-state index contributed by atoms with van der Waals surface area (Å²) in [5.41, 5.74) is 2.82. The molecule has 0 spiro atoms. The number of esters is 1. The number of ether oxygens (including phenoxy) is 1. The molecule has 0 unspecified atom stereocenters. The minimum absolute atomic E-state index is 0.125. The van der Waals surface area contributed by atoms with E-state index in [1.807, 2.05) is 0 Å². The minimum Gasteiger partial charge on any atom is -0.462 e. The summed E-state index contributed by atoms with van der Waals surface area (Å²) < 4.78 is 6.68. The van der Waals surface area contributed by atoms with Gasteiger partial charge >= 0.3 is 5.97 Å². The van der Waals surface area contributed by atoms with Gasteiger partial charge in [-0.2, -0.15) is 0 Å². The minimum atomic E-state index is -0.338. The number of hydrogen-bond donors (Lipinski definition) is 1. The number of aromatic nitrogens is 3. The third-order valence-corrected chi connectivity index (χ3v) is 3.38. The Balaban J connectivity index is 2.28. The van der Waals surface area contributed by atoms with Gasteiger partial charge in [0, 0.05) is 0 Å². The number of nitrogens with zero attached hydrogens (tertiary/aromatic N) is 3. The fourth-order valence-corrected chi connectivity index (χ4v) is 2.21. The highest BCUT2D eigenvalue weighted by Crippen LogP contribution is 2.17. The van der Waals surface area contributed by atoms with Crippen molar-refractivity contribution in [2.75, 3.05) is 6.61 Å². The first kappa shape index (κ1) is 16.2. The molecule has 2 aromatic rings. The van der Waals surface area contributed by atoms with Crippen molar-refractivity contribution < 1.29 is 14.6 Å². The Bertz CT molecular complexity index is 620. The molecule has 0 aliphatic rings. The average molecular weight is 303 g/mol. The average Bonchev–Trinajstić information content (AvgIpc) is 2.96. The normalized spacial score (nSPS) is 10.7. The second-order valence-corrected chi connectivity index (χ2v) is 4.92. The molecule has 0 amide bonds. The monoisotopic (exact) mass is 303 g/mol. The summed E-state index contributed by atoms with van der Waals surface area (Å²) in [4.78, 5) is 11.7. The molecule has 0 atom stereocenters. The van der Waals surface area contributed by atoms with Gasteiger partial charge in [0.25, 0.3) is 0 Å². The maximum Gasteiger partial charge on any atom is 0.338 e. The Morgan fingerprint density at radius 3 is 2.59 bits per heavy atom. The highest BCUT2D eigenvalue weighted by atomic mass is 16.5. The molecule has 22 heavy (non-hydrogen) atoms. The van der Waals surface area contributed by atoms with Crippen molar-refractivity contribution in [1.82, 2.24) is 15.0 Å². The molecule has 0 aliphatic carbocycles. The van der Waals surface area contributed by atoms with Gasteiger partial charge in [0.15, 0.2) is 0 Å². The van der Waals surface area contributed by atoms with Gasteiger partial charge in [0.2, 0.25) is 0 Å². The zero-order valence-corrected chi connectivity index (χ0v) is 13.0. The molecule has 0 saturated heterocycles. The Labute approximate surface area is 129 Å². The van der Waals surface area contributed by atoms with Crippen molar-refractivity contribution >= 4 is 5.97 Å². The first-order chi connectivity index (χ1) is 10.7.